The highest BCUT2D eigenvalue weighted by molar-refractivity contribution is 5.99. The smallest absolute Gasteiger partial charge is 0.282 e. The molecule has 18 heavy (non-hydrogen) atoms. The average molecular weight is 252 g/mol. The summed E-state index contributed by atoms with van der Waals surface area (Å²) in [5, 5.41) is 22.9. The van der Waals surface area contributed by atoms with E-state index in [0.29, 0.717) is 5.56 Å². The molecule has 98 valence electrons. The van der Waals surface area contributed by atoms with Crippen LogP contribution in [0.4, 0.5) is 5.69 Å². The van der Waals surface area contributed by atoms with Gasteiger partial charge in [-0.3, -0.25) is 14.9 Å². The molecule has 0 aliphatic rings. The Morgan fingerprint density at radius 2 is 2.11 bits per heavy atom. The van der Waals surface area contributed by atoms with Gasteiger partial charge in [0.25, 0.3) is 11.6 Å². The Bertz CT molecular complexity index is 477. The first-order chi connectivity index (χ1) is 8.22. The molecule has 0 radical (unpaired) electrons. The van der Waals surface area contributed by atoms with Crippen LogP contribution in [0.5, 0.6) is 0 Å². The fourth-order valence-corrected chi connectivity index (χ4v) is 1.48. The predicted octanol–water partition coefficient (Wildman–Crippen LogP) is 1.40. The van der Waals surface area contributed by atoms with Crippen molar-refractivity contribution in [1.82, 2.24) is 5.32 Å². The second-order valence-electron chi connectivity index (χ2n) is 4.72. The highest BCUT2D eigenvalue weighted by Gasteiger charge is 2.23. The largest absolute Gasteiger partial charge is 0.389 e. The average Bonchev–Trinajstić information content (AvgIpc) is 2.24. The predicted molar refractivity (Wildman–Crippen MR) is 66.5 cm³/mol. The monoisotopic (exact) mass is 252 g/mol. The molecule has 2 N–H and O–H groups in total. The van der Waals surface area contributed by atoms with Gasteiger partial charge in [-0.1, -0.05) is 12.1 Å². The summed E-state index contributed by atoms with van der Waals surface area (Å²) < 4.78 is 0. The molecule has 0 unspecified atom stereocenters. The summed E-state index contributed by atoms with van der Waals surface area (Å²) in [5.41, 5.74) is -0.736. The van der Waals surface area contributed by atoms with E-state index in [-0.39, 0.29) is 17.8 Å². The van der Waals surface area contributed by atoms with E-state index in [2.05, 4.69) is 5.32 Å². The Labute approximate surface area is 105 Å². The van der Waals surface area contributed by atoms with Crippen LogP contribution in [0.1, 0.15) is 29.8 Å². The zero-order valence-electron chi connectivity index (χ0n) is 10.6. The Morgan fingerprint density at radius 1 is 1.50 bits per heavy atom. The second kappa shape index (κ2) is 5.14. The molecular formula is C12H16N2O4. The molecule has 0 aliphatic heterocycles. The van der Waals surface area contributed by atoms with Crippen molar-refractivity contribution in [1.29, 1.82) is 0 Å². The molecule has 0 saturated heterocycles. The van der Waals surface area contributed by atoms with Crippen LogP contribution in [0.3, 0.4) is 0 Å². The molecule has 1 amide bonds. The lowest BCUT2D eigenvalue weighted by molar-refractivity contribution is -0.385. The molecule has 0 atom stereocenters. The van der Waals surface area contributed by atoms with Gasteiger partial charge in [-0.2, -0.15) is 0 Å². The molecule has 1 aromatic carbocycles. The van der Waals surface area contributed by atoms with E-state index in [4.69, 9.17) is 0 Å². The summed E-state index contributed by atoms with van der Waals surface area (Å²) in [6.45, 7) is 4.74. The number of hydrogen-bond acceptors (Lipinski definition) is 4. The number of amides is 1. The van der Waals surface area contributed by atoms with Gasteiger partial charge >= 0.3 is 0 Å². The molecule has 0 aromatic heterocycles. The van der Waals surface area contributed by atoms with Crippen molar-refractivity contribution in [3.63, 3.8) is 0 Å². The number of carbonyl (C=O) groups excluding carboxylic acids is 1. The fraction of sp³-hybridized carbons (Fsp3) is 0.417. The van der Waals surface area contributed by atoms with Gasteiger partial charge in [-0.15, -0.1) is 0 Å². The number of hydrogen-bond donors (Lipinski definition) is 2. The summed E-state index contributed by atoms with van der Waals surface area (Å²) in [4.78, 5) is 22.2. The summed E-state index contributed by atoms with van der Waals surface area (Å²) in [5.74, 6) is -0.554. The van der Waals surface area contributed by atoms with Crippen LogP contribution >= 0.6 is 0 Å². The first kappa shape index (κ1) is 14.1. The van der Waals surface area contributed by atoms with Crippen molar-refractivity contribution in [3.8, 4) is 0 Å². The third kappa shape index (κ3) is 3.53. The van der Waals surface area contributed by atoms with Crippen LogP contribution in [-0.2, 0) is 0 Å². The Balaban J connectivity index is 3.02. The van der Waals surface area contributed by atoms with E-state index < -0.39 is 16.4 Å². The highest BCUT2D eigenvalue weighted by Crippen LogP contribution is 2.21. The van der Waals surface area contributed by atoms with Crippen molar-refractivity contribution in [2.75, 3.05) is 6.54 Å². The van der Waals surface area contributed by atoms with Crippen LogP contribution < -0.4 is 5.32 Å². The molecule has 0 bridgehead atoms. The van der Waals surface area contributed by atoms with Gasteiger partial charge < -0.3 is 10.4 Å². The first-order valence-corrected chi connectivity index (χ1v) is 5.47. The molecule has 0 saturated carbocycles. The van der Waals surface area contributed by atoms with E-state index in [1.165, 1.54) is 12.1 Å². The molecule has 0 spiro atoms. The van der Waals surface area contributed by atoms with Gasteiger partial charge in [0.2, 0.25) is 0 Å². The molecule has 1 aromatic rings. The van der Waals surface area contributed by atoms with Crippen LogP contribution in [0.2, 0.25) is 0 Å². The van der Waals surface area contributed by atoms with Gasteiger partial charge in [-0.05, 0) is 26.3 Å². The number of benzene rings is 1. The third-order valence-corrected chi connectivity index (χ3v) is 2.36. The van der Waals surface area contributed by atoms with Gasteiger partial charge in [0.1, 0.15) is 5.56 Å². The van der Waals surface area contributed by atoms with Crippen LogP contribution in [0.15, 0.2) is 18.2 Å². The minimum Gasteiger partial charge on any atom is -0.389 e. The van der Waals surface area contributed by atoms with Crippen LogP contribution in [0.25, 0.3) is 0 Å². The molecule has 0 aliphatic carbocycles. The second-order valence-corrected chi connectivity index (χ2v) is 4.72. The molecular weight excluding hydrogens is 236 g/mol. The molecule has 1 rings (SSSR count). The van der Waals surface area contributed by atoms with Crippen molar-refractivity contribution < 1.29 is 14.8 Å². The maximum absolute atomic E-state index is 11.9. The molecule has 6 nitrogen and oxygen atoms in total. The molecule has 0 fully saturated rings. The minimum atomic E-state index is -1.06. The zero-order valence-corrected chi connectivity index (χ0v) is 10.6. The molecule has 6 heteroatoms. The standard InChI is InChI=1S/C12H16N2O4/c1-8-5-4-6-9(14(17)18)10(8)11(15)13-7-12(2,3)16/h4-6,16H,7H2,1-3H3,(H,13,15). The van der Waals surface area contributed by atoms with Crippen molar-refractivity contribution >= 4 is 11.6 Å². The van der Waals surface area contributed by atoms with Crippen LogP contribution in [0, 0.1) is 17.0 Å². The Hall–Kier alpha value is -1.95. The SMILES string of the molecule is Cc1cccc([N+](=O)[O-])c1C(=O)NCC(C)(C)O. The summed E-state index contributed by atoms with van der Waals surface area (Å²) >= 11 is 0. The summed E-state index contributed by atoms with van der Waals surface area (Å²) in [6.07, 6.45) is 0. The lowest BCUT2D eigenvalue weighted by Gasteiger charge is -2.18. The number of carbonyl (C=O) groups is 1. The normalized spacial score (nSPS) is 11.1. The third-order valence-electron chi connectivity index (χ3n) is 2.36. The van der Waals surface area contributed by atoms with Crippen molar-refractivity contribution in [2.45, 2.75) is 26.4 Å². The van der Waals surface area contributed by atoms with E-state index in [1.54, 1.807) is 26.8 Å². The maximum Gasteiger partial charge on any atom is 0.282 e. The van der Waals surface area contributed by atoms with Gasteiger partial charge in [-0.25, -0.2) is 0 Å². The van der Waals surface area contributed by atoms with E-state index >= 15 is 0 Å². The topological polar surface area (TPSA) is 92.5 Å². The van der Waals surface area contributed by atoms with Crippen LogP contribution in [-0.4, -0.2) is 28.1 Å². The maximum atomic E-state index is 11.9. The highest BCUT2D eigenvalue weighted by atomic mass is 16.6. The van der Waals surface area contributed by atoms with Crippen molar-refractivity contribution in [2.24, 2.45) is 0 Å². The number of aryl methyl sites for hydroxylation is 1. The van der Waals surface area contributed by atoms with Crippen molar-refractivity contribution in [3.05, 3.63) is 39.4 Å². The lowest BCUT2D eigenvalue weighted by atomic mass is 10.1. The number of nitro groups is 1. The number of nitrogens with one attached hydrogen (secondary N) is 1. The van der Waals surface area contributed by atoms with Gasteiger partial charge in [0.05, 0.1) is 10.5 Å². The zero-order chi connectivity index (χ0) is 13.9. The summed E-state index contributed by atoms with van der Waals surface area (Å²) in [7, 11) is 0. The Morgan fingerprint density at radius 3 is 2.61 bits per heavy atom. The molecule has 0 heterocycles. The minimum absolute atomic E-state index is 0.0251. The summed E-state index contributed by atoms with van der Waals surface area (Å²) in [6, 6.07) is 4.44. The Kier molecular flexibility index (Phi) is 4.03. The lowest BCUT2D eigenvalue weighted by Crippen LogP contribution is -2.38. The number of nitro benzene ring substituents is 1. The fourth-order valence-electron chi connectivity index (χ4n) is 1.48. The van der Waals surface area contributed by atoms with Gasteiger partial charge in [0, 0.05) is 12.6 Å². The van der Waals surface area contributed by atoms with E-state index in [1.807, 2.05) is 0 Å². The number of nitrogens with zero attached hydrogens (tertiary/aromatic N) is 1. The van der Waals surface area contributed by atoms with E-state index in [0.717, 1.165) is 0 Å². The number of rotatable bonds is 4. The first-order valence-electron chi connectivity index (χ1n) is 5.47. The number of aliphatic hydroxyl groups is 1. The van der Waals surface area contributed by atoms with E-state index in [9.17, 15) is 20.0 Å². The quantitative estimate of drug-likeness (QED) is 0.625. The van der Waals surface area contributed by atoms with Gasteiger partial charge in [0.15, 0.2) is 0 Å².